The molecule has 26 heavy (non-hydrogen) atoms. The summed E-state index contributed by atoms with van der Waals surface area (Å²) >= 11 is 0. The summed E-state index contributed by atoms with van der Waals surface area (Å²) in [5.74, 6) is 1.52. The summed E-state index contributed by atoms with van der Waals surface area (Å²) in [7, 11) is 0. The van der Waals surface area contributed by atoms with Crippen LogP contribution in [0.2, 0.25) is 0 Å². The standard InChI is InChI=1S/C21H27NO4/c1-16(2)22(11-17-6-4-3-5-7-17)12-19(23)14-24-13-18-8-9-20-21(10-18)26-15-25-20/h3-10,16,19,23H,11-15H2,1-2H3. The molecule has 140 valence electrons. The highest BCUT2D eigenvalue weighted by molar-refractivity contribution is 5.44. The van der Waals surface area contributed by atoms with Crippen LogP contribution >= 0.6 is 0 Å². The molecule has 0 fully saturated rings. The summed E-state index contributed by atoms with van der Waals surface area (Å²) in [5.41, 5.74) is 2.25. The first-order valence-electron chi connectivity index (χ1n) is 9.04. The second kappa shape index (κ2) is 9.03. The number of aliphatic hydroxyl groups is 1. The average Bonchev–Trinajstić information content (AvgIpc) is 3.10. The van der Waals surface area contributed by atoms with Crippen molar-refractivity contribution in [3.8, 4) is 11.5 Å². The van der Waals surface area contributed by atoms with Crippen LogP contribution in [0.25, 0.3) is 0 Å². The van der Waals surface area contributed by atoms with Crippen molar-refractivity contribution in [2.75, 3.05) is 19.9 Å². The third-order valence-electron chi connectivity index (χ3n) is 4.42. The molecule has 1 heterocycles. The van der Waals surface area contributed by atoms with Crippen molar-refractivity contribution < 1.29 is 19.3 Å². The number of aliphatic hydroxyl groups excluding tert-OH is 1. The first-order valence-corrected chi connectivity index (χ1v) is 9.04. The number of benzene rings is 2. The maximum Gasteiger partial charge on any atom is 0.231 e. The van der Waals surface area contributed by atoms with Crippen LogP contribution in [0.5, 0.6) is 11.5 Å². The Labute approximate surface area is 155 Å². The molecule has 0 radical (unpaired) electrons. The van der Waals surface area contributed by atoms with E-state index in [4.69, 9.17) is 14.2 Å². The van der Waals surface area contributed by atoms with Gasteiger partial charge in [-0.05, 0) is 37.1 Å². The number of hydrogen-bond acceptors (Lipinski definition) is 5. The van der Waals surface area contributed by atoms with Crippen molar-refractivity contribution in [2.45, 2.75) is 39.1 Å². The number of fused-ring (bicyclic) bond motifs is 1. The van der Waals surface area contributed by atoms with Gasteiger partial charge in [-0.25, -0.2) is 0 Å². The number of hydrogen-bond donors (Lipinski definition) is 1. The highest BCUT2D eigenvalue weighted by atomic mass is 16.7. The Kier molecular flexibility index (Phi) is 6.50. The average molecular weight is 357 g/mol. The van der Waals surface area contributed by atoms with E-state index < -0.39 is 6.10 Å². The van der Waals surface area contributed by atoms with Gasteiger partial charge in [0.1, 0.15) is 0 Å². The molecule has 1 unspecified atom stereocenters. The van der Waals surface area contributed by atoms with Gasteiger partial charge in [0, 0.05) is 19.1 Å². The molecule has 1 aliphatic heterocycles. The topological polar surface area (TPSA) is 51.2 Å². The fourth-order valence-corrected chi connectivity index (χ4v) is 2.94. The Morgan fingerprint density at radius 2 is 1.81 bits per heavy atom. The summed E-state index contributed by atoms with van der Waals surface area (Å²) in [6.45, 7) is 6.68. The van der Waals surface area contributed by atoms with Gasteiger partial charge in [0.25, 0.3) is 0 Å². The van der Waals surface area contributed by atoms with Gasteiger partial charge in [0.15, 0.2) is 11.5 Å². The van der Waals surface area contributed by atoms with E-state index in [-0.39, 0.29) is 6.79 Å². The molecule has 0 saturated heterocycles. The van der Waals surface area contributed by atoms with E-state index in [1.165, 1.54) is 5.56 Å². The lowest BCUT2D eigenvalue weighted by Crippen LogP contribution is -2.38. The lowest BCUT2D eigenvalue weighted by atomic mass is 10.1. The fourth-order valence-electron chi connectivity index (χ4n) is 2.94. The van der Waals surface area contributed by atoms with E-state index in [2.05, 4.69) is 30.9 Å². The van der Waals surface area contributed by atoms with Gasteiger partial charge in [-0.1, -0.05) is 36.4 Å². The Morgan fingerprint density at radius 3 is 2.58 bits per heavy atom. The van der Waals surface area contributed by atoms with Crippen molar-refractivity contribution in [1.29, 1.82) is 0 Å². The maximum atomic E-state index is 10.4. The van der Waals surface area contributed by atoms with E-state index in [1.807, 2.05) is 36.4 Å². The van der Waals surface area contributed by atoms with Gasteiger partial charge in [0.2, 0.25) is 6.79 Å². The van der Waals surface area contributed by atoms with Crippen molar-refractivity contribution in [1.82, 2.24) is 4.90 Å². The number of ether oxygens (including phenoxy) is 3. The minimum Gasteiger partial charge on any atom is -0.454 e. The molecule has 0 aromatic heterocycles. The maximum absolute atomic E-state index is 10.4. The molecular weight excluding hydrogens is 330 g/mol. The van der Waals surface area contributed by atoms with Crippen molar-refractivity contribution in [3.05, 3.63) is 59.7 Å². The van der Waals surface area contributed by atoms with Crippen molar-refractivity contribution in [3.63, 3.8) is 0 Å². The molecule has 0 amide bonds. The second-order valence-corrected chi connectivity index (χ2v) is 6.87. The number of nitrogens with zero attached hydrogens (tertiary/aromatic N) is 1. The smallest absolute Gasteiger partial charge is 0.231 e. The SMILES string of the molecule is CC(C)N(Cc1ccccc1)CC(O)COCc1ccc2c(c1)OCO2. The molecule has 0 aliphatic carbocycles. The molecule has 3 rings (SSSR count). The molecule has 1 N–H and O–H groups in total. The summed E-state index contributed by atoms with van der Waals surface area (Å²) < 4.78 is 16.4. The zero-order valence-corrected chi connectivity index (χ0v) is 15.4. The Balaban J connectivity index is 1.45. The van der Waals surface area contributed by atoms with E-state index in [9.17, 15) is 5.11 Å². The van der Waals surface area contributed by atoms with E-state index in [1.54, 1.807) is 0 Å². The molecular formula is C21H27NO4. The highest BCUT2D eigenvalue weighted by Gasteiger charge is 2.16. The zero-order chi connectivity index (χ0) is 18.4. The normalized spacial score (nSPS) is 14.2. The molecule has 0 saturated carbocycles. The van der Waals surface area contributed by atoms with Gasteiger partial charge in [0.05, 0.1) is 19.3 Å². The van der Waals surface area contributed by atoms with E-state index in [0.717, 1.165) is 23.6 Å². The van der Waals surface area contributed by atoms with Gasteiger partial charge in [-0.2, -0.15) is 0 Å². The Hall–Kier alpha value is -2.08. The monoisotopic (exact) mass is 357 g/mol. The Morgan fingerprint density at radius 1 is 1.04 bits per heavy atom. The largest absolute Gasteiger partial charge is 0.454 e. The lowest BCUT2D eigenvalue weighted by molar-refractivity contribution is 0.00311. The zero-order valence-electron chi connectivity index (χ0n) is 15.4. The van der Waals surface area contributed by atoms with E-state index in [0.29, 0.717) is 25.8 Å². The molecule has 0 spiro atoms. The van der Waals surface area contributed by atoms with Crippen LogP contribution in [-0.4, -0.2) is 42.1 Å². The minimum absolute atomic E-state index is 0.269. The molecule has 1 atom stereocenters. The van der Waals surface area contributed by atoms with Crippen LogP contribution in [0.4, 0.5) is 0 Å². The van der Waals surface area contributed by atoms with Crippen LogP contribution in [0.1, 0.15) is 25.0 Å². The predicted molar refractivity (Wildman–Crippen MR) is 100 cm³/mol. The van der Waals surface area contributed by atoms with Crippen LogP contribution in [-0.2, 0) is 17.9 Å². The molecule has 2 aromatic carbocycles. The fraction of sp³-hybridized carbons (Fsp3) is 0.429. The lowest BCUT2D eigenvalue weighted by Gasteiger charge is -2.28. The summed E-state index contributed by atoms with van der Waals surface area (Å²) in [6.07, 6.45) is -0.532. The number of rotatable bonds is 9. The Bertz CT molecular complexity index is 690. The van der Waals surface area contributed by atoms with Crippen molar-refractivity contribution >= 4 is 0 Å². The molecule has 5 heteroatoms. The predicted octanol–water partition coefficient (Wildman–Crippen LogP) is 3.20. The van der Waals surface area contributed by atoms with Crippen LogP contribution < -0.4 is 9.47 Å². The van der Waals surface area contributed by atoms with Crippen LogP contribution in [0.3, 0.4) is 0 Å². The molecule has 5 nitrogen and oxygen atoms in total. The van der Waals surface area contributed by atoms with Crippen LogP contribution in [0, 0.1) is 0 Å². The van der Waals surface area contributed by atoms with Gasteiger partial charge < -0.3 is 19.3 Å². The summed E-state index contributed by atoms with van der Waals surface area (Å²) in [4.78, 5) is 2.25. The molecule has 0 bridgehead atoms. The minimum atomic E-state index is -0.532. The van der Waals surface area contributed by atoms with E-state index >= 15 is 0 Å². The third kappa shape index (κ3) is 5.21. The van der Waals surface area contributed by atoms with Gasteiger partial charge in [-0.15, -0.1) is 0 Å². The first-order chi connectivity index (χ1) is 12.6. The quantitative estimate of drug-likeness (QED) is 0.747. The third-order valence-corrected chi connectivity index (χ3v) is 4.42. The molecule has 1 aliphatic rings. The van der Waals surface area contributed by atoms with Crippen molar-refractivity contribution in [2.24, 2.45) is 0 Å². The summed E-state index contributed by atoms with van der Waals surface area (Å²) in [6, 6.07) is 16.4. The van der Waals surface area contributed by atoms with Gasteiger partial charge in [-0.3, -0.25) is 4.90 Å². The summed E-state index contributed by atoms with van der Waals surface area (Å²) in [5, 5.41) is 10.4. The highest BCUT2D eigenvalue weighted by Crippen LogP contribution is 2.32. The van der Waals surface area contributed by atoms with Gasteiger partial charge >= 0.3 is 0 Å². The second-order valence-electron chi connectivity index (χ2n) is 6.87. The van der Waals surface area contributed by atoms with Crippen LogP contribution in [0.15, 0.2) is 48.5 Å². The molecule has 2 aromatic rings. The first kappa shape index (κ1) is 18.7.